The van der Waals surface area contributed by atoms with E-state index in [2.05, 4.69) is 15.2 Å². The fourth-order valence-corrected chi connectivity index (χ4v) is 3.71. The van der Waals surface area contributed by atoms with Crippen molar-refractivity contribution in [3.05, 3.63) is 90.0 Å². The molecule has 0 radical (unpaired) electrons. The molecule has 176 valence electrons. The van der Waals surface area contributed by atoms with Crippen LogP contribution in [0, 0.1) is 0 Å². The number of esters is 1. The van der Waals surface area contributed by atoms with Crippen LogP contribution in [0.5, 0.6) is 11.5 Å². The lowest BCUT2D eigenvalue weighted by Gasteiger charge is -2.06. The normalized spacial score (nSPS) is 11.2. The van der Waals surface area contributed by atoms with Gasteiger partial charge in [-0.3, -0.25) is 4.79 Å². The molecule has 0 unspecified atom stereocenters. The lowest BCUT2D eigenvalue weighted by Crippen LogP contribution is -2.34. The molecule has 2 N–H and O–H groups in total. The molecule has 0 fully saturated rings. The Morgan fingerprint density at radius 2 is 1.56 bits per heavy atom. The highest BCUT2D eigenvalue weighted by atomic mass is 32.2. The van der Waals surface area contributed by atoms with Gasteiger partial charge in [0.25, 0.3) is 5.91 Å². The van der Waals surface area contributed by atoms with Gasteiger partial charge in [0.2, 0.25) is 10.0 Å². The predicted octanol–water partition coefficient (Wildman–Crippen LogP) is 2.73. The van der Waals surface area contributed by atoms with Gasteiger partial charge in [0.1, 0.15) is 11.5 Å². The zero-order valence-corrected chi connectivity index (χ0v) is 19.1. The Morgan fingerprint density at radius 3 is 2.21 bits per heavy atom. The maximum Gasteiger partial charge on any atom is 0.343 e. The Balaban J connectivity index is 1.47. The summed E-state index contributed by atoms with van der Waals surface area (Å²) in [4.78, 5) is 24.2. The summed E-state index contributed by atoms with van der Waals surface area (Å²) in [6.45, 7) is 1.95. The third-order valence-corrected chi connectivity index (χ3v) is 5.79. The molecule has 0 aliphatic heterocycles. The van der Waals surface area contributed by atoms with Crippen molar-refractivity contribution in [3.8, 4) is 11.5 Å². The van der Waals surface area contributed by atoms with E-state index >= 15 is 0 Å². The number of benzene rings is 3. The van der Waals surface area contributed by atoms with Crippen LogP contribution in [-0.2, 0) is 14.8 Å². The first kappa shape index (κ1) is 24.6. The second kappa shape index (κ2) is 11.7. The maximum atomic E-state index is 12.3. The summed E-state index contributed by atoms with van der Waals surface area (Å²) in [5.74, 6) is -0.120. The quantitative estimate of drug-likeness (QED) is 0.199. The van der Waals surface area contributed by atoms with Crippen LogP contribution in [0.4, 0.5) is 0 Å². The van der Waals surface area contributed by atoms with Crippen molar-refractivity contribution in [2.24, 2.45) is 5.10 Å². The molecule has 9 nitrogen and oxygen atoms in total. The molecular formula is C24H23N3O6S. The molecule has 3 aromatic rings. The van der Waals surface area contributed by atoms with Gasteiger partial charge in [0.05, 0.1) is 29.8 Å². The smallest absolute Gasteiger partial charge is 0.343 e. The van der Waals surface area contributed by atoms with Gasteiger partial charge >= 0.3 is 5.97 Å². The summed E-state index contributed by atoms with van der Waals surface area (Å²) >= 11 is 0. The lowest BCUT2D eigenvalue weighted by atomic mass is 10.2. The zero-order chi connectivity index (χ0) is 24.4. The van der Waals surface area contributed by atoms with Gasteiger partial charge in [-0.15, -0.1) is 0 Å². The second-order valence-corrected chi connectivity index (χ2v) is 8.61. The van der Waals surface area contributed by atoms with Crippen molar-refractivity contribution in [3.63, 3.8) is 0 Å². The fourth-order valence-electron chi connectivity index (χ4n) is 2.70. The number of hydrazone groups is 1. The Morgan fingerprint density at radius 1 is 0.912 bits per heavy atom. The van der Waals surface area contributed by atoms with E-state index in [4.69, 9.17) is 9.47 Å². The maximum absolute atomic E-state index is 12.3. The average Bonchev–Trinajstić information content (AvgIpc) is 2.85. The number of hydrogen-bond donors (Lipinski definition) is 2. The van der Waals surface area contributed by atoms with Gasteiger partial charge in [-0.25, -0.2) is 23.4 Å². The van der Waals surface area contributed by atoms with Crippen molar-refractivity contribution < 1.29 is 27.5 Å². The van der Waals surface area contributed by atoms with Crippen molar-refractivity contribution in [2.45, 2.75) is 11.8 Å². The Kier molecular flexibility index (Phi) is 8.49. The van der Waals surface area contributed by atoms with Gasteiger partial charge in [-0.2, -0.15) is 5.10 Å². The van der Waals surface area contributed by atoms with Crippen LogP contribution in [-0.4, -0.2) is 39.7 Å². The van der Waals surface area contributed by atoms with E-state index in [-0.39, 0.29) is 4.90 Å². The van der Waals surface area contributed by atoms with Crippen molar-refractivity contribution in [1.82, 2.24) is 10.1 Å². The SMILES string of the molecule is CCOc1ccc(C(=O)Oc2ccc(/C=N/NC(=O)CNS(=O)(=O)c3ccccc3)cc2)cc1. The van der Waals surface area contributed by atoms with Gasteiger partial charge in [0.15, 0.2) is 0 Å². The van der Waals surface area contributed by atoms with Crippen molar-refractivity contribution in [1.29, 1.82) is 0 Å². The van der Waals surface area contributed by atoms with E-state index in [1.165, 1.54) is 18.3 Å². The third kappa shape index (κ3) is 7.26. The summed E-state index contributed by atoms with van der Waals surface area (Å²) in [6.07, 6.45) is 1.38. The fraction of sp³-hybridized carbons (Fsp3) is 0.125. The number of sulfonamides is 1. The number of nitrogens with zero attached hydrogens (tertiary/aromatic N) is 1. The number of carbonyl (C=O) groups excluding carboxylic acids is 2. The van der Waals surface area contributed by atoms with Crippen LogP contribution in [0.15, 0.2) is 88.9 Å². The molecule has 0 saturated carbocycles. The lowest BCUT2D eigenvalue weighted by molar-refractivity contribution is -0.119. The van der Waals surface area contributed by atoms with E-state index in [1.54, 1.807) is 66.7 Å². The summed E-state index contributed by atoms with van der Waals surface area (Å²) < 4.78 is 37.1. The first-order valence-corrected chi connectivity index (χ1v) is 11.8. The van der Waals surface area contributed by atoms with Gasteiger partial charge < -0.3 is 9.47 Å². The number of hydrogen-bond acceptors (Lipinski definition) is 7. The van der Waals surface area contributed by atoms with Crippen LogP contribution in [0.25, 0.3) is 0 Å². The molecule has 34 heavy (non-hydrogen) atoms. The molecular weight excluding hydrogens is 458 g/mol. The van der Waals surface area contributed by atoms with Crippen LogP contribution < -0.4 is 19.6 Å². The van der Waals surface area contributed by atoms with Crippen LogP contribution >= 0.6 is 0 Å². The third-order valence-electron chi connectivity index (χ3n) is 4.37. The number of nitrogens with one attached hydrogen (secondary N) is 2. The molecule has 10 heteroatoms. The minimum absolute atomic E-state index is 0.0645. The monoisotopic (exact) mass is 481 g/mol. The highest BCUT2D eigenvalue weighted by Crippen LogP contribution is 2.16. The first-order valence-electron chi connectivity index (χ1n) is 10.3. The van der Waals surface area contributed by atoms with E-state index in [9.17, 15) is 18.0 Å². The molecule has 0 atom stereocenters. The summed E-state index contributed by atoms with van der Waals surface area (Å²) in [5.41, 5.74) is 3.26. The number of amides is 1. The average molecular weight is 482 g/mol. The molecule has 0 aliphatic rings. The van der Waals surface area contributed by atoms with E-state index in [1.807, 2.05) is 6.92 Å². The largest absolute Gasteiger partial charge is 0.494 e. The van der Waals surface area contributed by atoms with Gasteiger partial charge in [-0.1, -0.05) is 18.2 Å². The van der Waals surface area contributed by atoms with Crippen molar-refractivity contribution >= 4 is 28.1 Å². The number of ether oxygens (including phenoxy) is 2. The van der Waals surface area contributed by atoms with Crippen LogP contribution in [0.3, 0.4) is 0 Å². The molecule has 0 heterocycles. The van der Waals surface area contributed by atoms with Crippen LogP contribution in [0.2, 0.25) is 0 Å². The topological polar surface area (TPSA) is 123 Å². The van der Waals surface area contributed by atoms with Crippen molar-refractivity contribution in [2.75, 3.05) is 13.2 Å². The Hall–Kier alpha value is -4.02. The highest BCUT2D eigenvalue weighted by Gasteiger charge is 2.14. The molecule has 1 amide bonds. The molecule has 0 saturated heterocycles. The molecule has 3 aromatic carbocycles. The first-order chi connectivity index (χ1) is 16.4. The standard InChI is InChI=1S/C24H23N3O6S/c1-2-32-20-14-10-19(11-15-20)24(29)33-21-12-8-18(9-13-21)16-25-27-23(28)17-26-34(30,31)22-6-4-3-5-7-22/h3-16,26H,2,17H2,1H3,(H,27,28)/b25-16+. The Bertz CT molecular complexity index is 1240. The summed E-state index contributed by atoms with van der Waals surface area (Å²) in [5, 5.41) is 3.80. The Labute approximate surface area is 197 Å². The van der Waals surface area contributed by atoms with E-state index in [0.29, 0.717) is 29.2 Å². The molecule has 3 rings (SSSR count). The van der Waals surface area contributed by atoms with E-state index in [0.717, 1.165) is 0 Å². The zero-order valence-electron chi connectivity index (χ0n) is 18.3. The van der Waals surface area contributed by atoms with E-state index < -0.39 is 28.4 Å². The minimum Gasteiger partial charge on any atom is -0.494 e. The van der Waals surface area contributed by atoms with Gasteiger partial charge in [-0.05, 0) is 73.2 Å². The van der Waals surface area contributed by atoms with Crippen LogP contribution in [0.1, 0.15) is 22.8 Å². The number of carbonyl (C=O) groups is 2. The number of rotatable bonds is 10. The minimum atomic E-state index is -3.78. The second-order valence-electron chi connectivity index (χ2n) is 6.85. The molecule has 0 spiro atoms. The molecule has 0 aromatic heterocycles. The molecule has 0 bridgehead atoms. The molecule has 0 aliphatic carbocycles. The van der Waals surface area contributed by atoms with Gasteiger partial charge in [0, 0.05) is 0 Å². The predicted molar refractivity (Wildman–Crippen MR) is 126 cm³/mol. The summed E-state index contributed by atoms with van der Waals surface area (Å²) in [7, 11) is -3.78. The summed E-state index contributed by atoms with van der Waals surface area (Å²) in [6, 6.07) is 20.8. The highest BCUT2D eigenvalue weighted by molar-refractivity contribution is 7.89.